The van der Waals surface area contributed by atoms with Crippen LogP contribution in [-0.2, 0) is 30.3 Å². The Morgan fingerprint density at radius 3 is 2.37 bits per heavy atom. The number of fused-ring (bicyclic) bond motifs is 1. The Labute approximate surface area is 255 Å². The maximum atomic E-state index is 13.3. The van der Waals surface area contributed by atoms with E-state index in [9.17, 15) is 24.3 Å². The number of unbranched alkanes of at least 4 members (excludes halogenated alkanes) is 1. The molecule has 0 saturated carbocycles. The van der Waals surface area contributed by atoms with E-state index in [1.165, 1.54) is 10.6 Å². The number of aromatic hydroxyl groups is 1. The van der Waals surface area contributed by atoms with Crippen LogP contribution in [0.2, 0.25) is 5.02 Å². The van der Waals surface area contributed by atoms with Crippen molar-refractivity contribution >= 4 is 46.1 Å². The summed E-state index contributed by atoms with van der Waals surface area (Å²) in [5.74, 6) is -1.20. The molecule has 1 aromatic heterocycles. The number of aromatic nitrogens is 1. The van der Waals surface area contributed by atoms with Gasteiger partial charge >= 0.3 is 0 Å². The number of primary amides is 1. The minimum absolute atomic E-state index is 0.00900. The fraction of sp³-hybridized carbons (Fsp3) is 0.419. The number of benzene rings is 2. The summed E-state index contributed by atoms with van der Waals surface area (Å²) in [7, 11) is 0. The molecule has 0 saturated heterocycles. The second-order valence-corrected chi connectivity index (χ2v) is 10.7. The lowest BCUT2D eigenvalue weighted by Gasteiger charge is -2.09. The van der Waals surface area contributed by atoms with Crippen LogP contribution in [0.1, 0.15) is 47.8 Å². The molecule has 0 spiro atoms. The zero-order valence-corrected chi connectivity index (χ0v) is 25.2. The van der Waals surface area contributed by atoms with E-state index in [1.807, 2.05) is 0 Å². The highest BCUT2D eigenvalue weighted by molar-refractivity contribution is 6.30. The maximum Gasteiger partial charge on any atom is 0.262 e. The van der Waals surface area contributed by atoms with Crippen molar-refractivity contribution in [1.82, 2.24) is 15.2 Å². The van der Waals surface area contributed by atoms with E-state index in [0.717, 1.165) is 12.8 Å². The molecule has 232 valence electrons. The van der Waals surface area contributed by atoms with Gasteiger partial charge in [-0.1, -0.05) is 24.9 Å². The van der Waals surface area contributed by atoms with Crippen LogP contribution in [0.25, 0.3) is 10.9 Å². The minimum atomic E-state index is -0.316. The van der Waals surface area contributed by atoms with E-state index in [-0.39, 0.29) is 74.7 Å². The molecule has 3 amide bonds. The first-order valence-corrected chi connectivity index (χ1v) is 14.6. The van der Waals surface area contributed by atoms with Crippen molar-refractivity contribution in [2.45, 2.75) is 39.5 Å². The second kappa shape index (κ2) is 16.6. The van der Waals surface area contributed by atoms with Crippen molar-refractivity contribution < 1.29 is 33.8 Å². The van der Waals surface area contributed by atoms with Crippen LogP contribution in [-0.4, -0.2) is 72.8 Å². The molecule has 0 radical (unpaired) electrons. The van der Waals surface area contributed by atoms with Crippen molar-refractivity contribution in [3.05, 3.63) is 64.3 Å². The van der Waals surface area contributed by atoms with Crippen LogP contribution in [0.4, 0.5) is 0 Å². The minimum Gasteiger partial charge on any atom is -0.508 e. The average molecular weight is 615 g/mol. The van der Waals surface area contributed by atoms with Crippen molar-refractivity contribution in [3.63, 3.8) is 0 Å². The van der Waals surface area contributed by atoms with Gasteiger partial charge in [0.2, 0.25) is 17.7 Å². The standard InChI is InChI=1S/C31H39ClN4O7/c1-20(30(33)40)5-3-4-12-34-29(39)19-43-16-15-42-14-13-35-28(38)18-25-21(2)36(27-11-10-24(37)17-26(25)27)31(41)22-6-8-23(32)9-7-22/h6-11,17,20,37H,3-5,12-16,18-19H2,1-2H3,(H2,33,40)(H,34,39)(H,35,38)/t20-/m0/s1. The Kier molecular flexibility index (Phi) is 13.0. The number of hydrogen-bond acceptors (Lipinski definition) is 7. The number of nitrogens with zero attached hydrogens (tertiary/aromatic N) is 1. The van der Waals surface area contributed by atoms with Crippen LogP contribution < -0.4 is 16.4 Å². The highest BCUT2D eigenvalue weighted by atomic mass is 35.5. The number of carbonyl (C=O) groups excluding carboxylic acids is 4. The number of phenols is 1. The molecule has 0 aliphatic heterocycles. The molecule has 43 heavy (non-hydrogen) atoms. The Bertz CT molecular complexity index is 1420. The SMILES string of the molecule is Cc1c(CC(=O)NCCOCCOCC(=O)NCCCC[C@H](C)C(N)=O)c2cc(O)ccc2n1C(=O)c1ccc(Cl)cc1. The molecule has 2 aromatic carbocycles. The number of ether oxygens (including phenoxy) is 2. The summed E-state index contributed by atoms with van der Waals surface area (Å²) in [6.45, 7) is 4.97. The van der Waals surface area contributed by atoms with Crippen molar-refractivity contribution in [2.24, 2.45) is 11.7 Å². The zero-order valence-electron chi connectivity index (χ0n) is 24.5. The summed E-state index contributed by atoms with van der Waals surface area (Å²) in [5, 5.41) is 16.8. The van der Waals surface area contributed by atoms with Crippen molar-refractivity contribution in [3.8, 4) is 5.75 Å². The molecule has 3 rings (SSSR count). The van der Waals surface area contributed by atoms with Gasteiger partial charge in [0.1, 0.15) is 12.4 Å². The lowest BCUT2D eigenvalue weighted by molar-refractivity contribution is -0.126. The highest BCUT2D eigenvalue weighted by Crippen LogP contribution is 2.30. The highest BCUT2D eigenvalue weighted by Gasteiger charge is 2.22. The van der Waals surface area contributed by atoms with Gasteiger partial charge in [-0.3, -0.25) is 23.7 Å². The van der Waals surface area contributed by atoms with Crippen LogP contribution >= 0.6 is 11.6 Å². The van der Waals surface area contributed by atoms with Crippen molar-refractivity contribution in [2.75, 3.05) is 39.5 Å². The number of phenolic OH excluding ortho intramolecular Hbond substituents is 1. The summed E-state index contributed by atoms with van der Waals surface area (Å²) in [4.78, 5) is 48.9. The van der Waals surface area contributed by atoms with Crippen LogP contribution in [0, 0.1) is 12.8 Å². The molecule has 1 atom stereocenters. The van der Waals surface area contributed by atoms with E-state index in [4.69, 9.17) is 26.8 Å². The first-order valence-electron chi connectivity index (χ1n) is 14.2. The smallest absolute Gasteiger partial charge is 0.262 e. The van der Waals surface area contributed by atoms with Crippen LogP contribution in [0.3, 0.4) is 0 Å². The van der Waals surface area contributed by atoms with Gasteiger partial charge in [0.25, 0.3) is 5.91 Å². The number of nitrogens with one attached hydrogen (secondary N) is 2. The Morgan fingerprint density at radius 2 is 1.65 bits per heavy atom. The Morgan fingerprint density at radius 1 is 0.953 bits per heavy atom. The van der Waals surface area contributed by atoms with Gasteiger partial charge in [-0.25, -0.2) is 0 Å². The molecule has 0 fully saturated rings. The number of halogens is 1. The summed E-state index contributed by atoms with van der Waals surface area (Å²) in [6, 6.07) is 11.3. The topological polar surface area (TPSA) is 162 Å². The summed E-state index contributed by atoms with van der Waals surface area (Å²) >= 11 is 5.97. The number of nitrogens with two attached hydrogens (primary N) is 1. The van der Waals surface area contributed by atoms with Gasteiger partial charge in [-0.15, -0.1) is 0 Å². The molecule has 5 N–H and O–H groups in total. The van der Waals surface area contributed by atoms with Gasteiger partial charge in [0.05, 0.1) is 31.8 Å². The van der Waals surface area contributed by atoms with Gasteiger partial charge in [-0.2, -0.15) is 0 Å². The third-order valence-corrected chi connectivity index (χ3v) is 7.25. The van der Waals surface area contributed by atoms with E-state index in [0.29, 0.717) is 45.7 Å². The molecular formula is C31H39ClN4O7. The maximum absolute atomic E-state index is 13.3. The summed E-state index contributed by atoms with van der Waals surface area (Å²) in [6.07, 6.45) is 2.26. The molecule has 1 heterocycles. The fourth-order valence-corrected chi connectivity index (χ4v) is 4.67. The summed E-state index contributed by atoms with van der Waals surface area (Å²) < 4.78 is 12.3. The average Bonchev–Trinajstić information content (AvgIpc) is 3.23. The van der Waals surface area contributed by atoms with E-state index in [2.05, 4.69) is 10.6 Å². The lowest BCUT2D eigenvalue weighted by Crippen LogP contribution is -2.30. The lowest BCUT2D eigenvalue weighted by atomic mass is 10.0. The van der Waals surface area contributed by atoms with E-state index in [1.54, 1.807) is 50.2 Å². The molecule has 0 aliphatic carbocycles. The molecule has 3 aromatic rings. The second-order valence-electron chi connectivity index (χ2n) is 10.3. The molecule has 0 bridgehead atoms. The Hall–Kier alpha value is -3.93. The molecular weight excluding hydrogens is 576 g/mol. The number of hydrogen-bond donors (Lipinski definition) is 4. The zero-order chi connectivity index (χ0) is 31.4. The molecule has 11 nitrogen and oxygen atoms in total. The van der Waals surface area contributed by atoms with Gasteiger partial charge in [0.15, 0.2) is 0 Å². The van der Waals surface area contributed by atoms with Gasteiger partial charge < -0.3 is 30.9 Å². The third kappa shape index (κ3) is 10.1. The van der Waals surface area contributed by atoms with E-state index >= 15 is 0 Å². The number of rotatable bonds is 17. The number of carbonyl (C=O) groups is 4. The molecule has 0 aliphatic rings. The predicted molar refractivity (Wildman–Crippen MR) is 163 cm³/mol. The predicted octanol–water partition coefficient (Wildman–Crippen LogP) is 3.10. The third-order valence-electron chi connectivity index (χ3n) is 7.00. The monoisotopic (exact) mass is 614 g/mol. The normalized spacial score (nSPS) is 11.8. The largest absolute Gasteiger partial charge is 0.508 e. The summed E-state index contributed by atoms with van der Waals surface area (Å²) in [5.41, 5.74) is 7.50. The van der Waals surface area contributed by atoms with Gasteiger partial charge in [0, 0.05) is 40.7 Å². The first-order chi connectivity index (χ1) is 20.6. The van der Waals surface area contributed by atoms with Crippen LogP contribution in [0.5, 0.6) is 5.75 Å². The number of amides is 3. The fourth-order valence-electron chi connectivity index (χ4n) is 4.54. The molecule has 12 heteroatoms. The van der Waals surface area contributed by atoms with E-state index < -0.39 is 0 Å². The van der Waals surface area contributed by atoms with Gasteiger partial charge in [-0.05, 0) is 67.8 Å². The molecule has 0 unspecified atom stereocenters. The first kappa shape index (κ1) is 33.6. The van der Waals surface area contributed by atoms with Crippen molar-refractivity contribution in [1.29, 1.82) is 0 Å². The quantitative estimate of drug-likeness (QED) is 0.170. The Balaban J connectivity index is 1.38. The van der Waals surface area contributed by atoms with Crippen LogP contribution in [0.15, 0.2) is 42.5 Å².